The number of unbranched alkanes of at least 4 members (excludes halogenated alkanes) is 1. The first kappa shape index (κ1) is 16.3. The molecular weight excluding hydrogens is 280 g/mol. The Kier molecular flexibility index (Phi) is 6.31. The summed E-state index contributed by atoms with van der Waals surface area (Å²) in [5.41, 5.74) is 0.191. The Morgan fingerprint density at radius 1 is 1.40 bits per heavy atom. The van der Waals surface area contributed by atoms with Crippen LogP contribution in [0.25, 0.3) is 0 Å². The second-order valence-corrected chi connectivity index (χ2v) is 5.07. The summed E-state index contributed by atoms with van der Waals surface area (Å²) in [6, 6.07) is 3.85. The van der Waals surface area contributed by atoms with Crippen molar-refractivity contribution in [2.24, 2.45) is 0 Å². The predicted molar refractivity (Wildman–Crippen MR) is 79.6 cm³/mol. The van der Waals surface area contributed by atoms with E-state index in [1.807, 2.05) is 6.92 Å². The predicted octanol–water partition coefficient (Wildman–Crippen LogP) is 3.74. The molecule has 0 aliphatic rings. The molecular formula is C14H19ClN2O3. The van der Waals surface area contributed by atoms with Crippen LogP contribution in [0.1, 0.15) is 43.5 Å². The molecule has 1 rings (SSSR count). The van der Waals surface area contributed by atoms with Crippen molar-refractivity contribution < 1.29 is 14.7 Å². The Morgan fingerprint density at radius 2 is 2.10 bits per heavy atom. The molecule has 0 aliphatic heterocycles. The summed E-state index contributed by atoms with van der Waals surface area (Å²) in [6.07, 6.45) is 2.97. The monoisotopic (exact) mass is 298 g/mol. The molecule has 110 valence electrons. The van der Waals surface area contributed by atoms with Crippen molar-refractivity contribution in [3.63, 3.8) is 0 Å². The van der Waals surface area contributed by atoms with E-state index in [1.165, 1.54) is 18.2 Å². The zero-order valence-corrected chi connectivity index (χ0v) is 12.3. The molecule has 1 atom stereocenters. The van der Waals surface area contributed by atoms with E-state index in [4.69, 9.17) is 16.7 Å². The number of carbonyl (C=O) groups excluding carboxylic acids is 1. The second kappa shape index (κ2) is 7.75. The number of nitrogens with one attached hydrogen (secondary N) is 2. The number of carboxylic acid groups (broad SMARTS) is 1. The first-order chi connectivity index (χ1) is 9.43. The van der Waals surface area contributed by atoms with Crippen LogP contribution in [0.5, 0.6) is 0 Å². The maximum absolute atomic E-state index is 11.8. The normalized spacial score (nSPS) is 11.8. The highest BCUT2D eigenvalue weighted by Gasteiger charge is 2.14. The van der Waals surface area contributed by atoms with Gasteiger partial charge in [0.25, 0.3) is 0 Å². The van der Waals surface area contributed by atoms with Crippen molar-refractivity contribution >= 4 is 29.3 Å². The zero-order valence-electron chi connectivity index (χ0n) is 11.6. The number of hydrogen-bond donors (Lipinski definition) is 3. The van der Waals surface area contributed by atoms with Crippen LogP contribution < -0.4 is 10.6 Å². The van der Waals surface area contributed by atoms with E-state index < -0.39 is 12.0 Å². The average Bonchev–Trinajstić information content (AvgIpc) is 2.35. The van der Waals surface area contributed by atoms with Crippen molar-refractivity contribution in [3.8, 4) is 0 Å². The summed E-state index contributed by atoms with van der Waals surface area (Å²) in [5, 5.41) is 14.7. The molecule has 6 heteroatoms. The minimum absolute atomic E-state index is 0.00533. The maximum atomic E-state index is 11.8. The lowest BCUT2D eigenvalue weighted by atomic mass is 10.1. The van der Waals surface area contributed by atoms with Gasteiger partial charge in [0, 0.05) is 11.1 Å². The molecule has 1 aromatic rings. The summed E-state index contributed by atoms with van der Waals surface area (Å²) in [5.74, 6) is -1.11. The minimum Gasteiger partial charge on any atom is -0.478 e. The van der Waals surface area contributed by atoms with Gasteiger partial charge in [0.2, 0.25) is 0 Å². The highest BCUT2D eigenvalue weighted by Crippen LogP contribution is 2.21. The van der Waals surface area contributed by atoms with Crippen LogP contribution in [0.3, 0.4) is 0 Å². The highest BCUT2D eigenvalue weighted by molar-refractivity contribution is 6.31. The Morgan fingerprint density at radius 3 is 2.70 bits per heavy atom. The molecule has 0 fully saturated rings. The number of hydrogen-bond acceptors (Lipinski definition) is 2. The minimum atomic E-state index is -1.11. The Labute approximate surface area is 123 Å². The Bertz CT molecular complexity index is 491. The van der Waals surface area contributed by atoms with Gasteiger partial charge in [0.15, 0.2) is 0 Å². The Hall–Kier alpha value is -1.75. The van der Waals surface area contributed by atoms with Crippen molar-refractivity contribution in [1.29, 1.82) is 0 Å². The van der Waals surface area contributed by atoms with Gasteiger partial charge < -0.3 is 15.7 Å². The second-order valence-electron chi connectivity index (χ2n) is 4.64. The SMILES string of the molecule is CCCCC(C)NC(=O)Nc1cc(Cl)ccc1C(=O)O. The molecule has 3 N–H and O–H groups in total. The van der Waals surface area contributed by atoms with Crippen LogP contribution in [0.15, 0.2) is 18.2 Å². The summed E-state index contributed by atoms with van der Waals surface area (Å²) in [6.45, 7) is 3.99. The highest BCUT2D eigenvalue weighted by atomic mass is 35.5. The quantitative estimate of drug-likeness (QED) is 0.748. The average molecular weight is 299 g/mol. The summed E-state index contributed by atoms with van der Waals surface area (Å²) < 4.78 is 0. The Balaban J connectivity index is 2.70. The molecule has 1 aromatic carbocycles. The summed E-state index contributed by atoms with van der Waals surface area (Å²) >= 11 is 5.81. The lowest BCUT2D eigenvalue weighted by molar-refractivity contribution is 0.0698. The van der Waals surface area contributed by atoms with Crippen molar-refractivity contribution in [3.05, 3.63) is 28.8 Å². The number of anilines is 1. The molecule has 2 amide bonds. The van der Waals surface area contributed by atoms with E-state index >= 15 is 0 Å². The van der Waals surface area contributed by atoms with Gasteiger partial charge in [-0.2, -0.15) is 0 Å². The number of rotatable bonds is 6. The van der Waals surface area contributed by atoms with Gasteiger partial charge in [0.05, 0.1) is 11.3 Å². The third-order valence-corrected chi connectivity index (χ3v) is 3.06. The first-order valence-corrected chi connectivity index (χ1v) is 6.92. The van der Waals surface area contributed by atoms with Crippen molar-refractivity contribution in [2.75, 3.05) is 5.32 Å². The van der Waals surface area contributed by atoms with Gasteiger partial charge in [-0.15, -0.1) is 0 Å². The fourth-order valence-corrected chi connectivity index (χ4v) is 1.94. The number of benzene rings is 1. The smallest absolute Gasteiger partial charge is 0.337 e. The van der Waals surface area contributed by atoms with E-state index in [-0.39, 0.29) is 17.3 Å². The van der Waals surface area contributed by atoms with E-state index in [0.29, 0.717) is 5.02 Å². The first-order valence-electron chi connectivity index (χ1n) is 6.54. The number of amides is 2. The largest absolute Gasteiger partial charge is 0.478 e. The van der Waals surface area contributed by atoms with Crippen LogP contribution >= 0.6 is 11.6 Å². The maximum Gasteiger partial charge on any atom is 0.337 e. The van der Waals surface area contributed by atoms with E-state index in [9.17, 15) is 9.59 Å². The molecule has 0 saturated heterocycles. The standard InChI is InChI=1S/C14H19ClN2O3/c1-3-4-5-9(2)16-14(20)17-12-8-10(15)6-7-11(12)13(18)19/h6-9H,3-5H2,1-2H3,(H,18,19)(H2,16,17,20). The molecule has 0 spiro atoms. The number of carbonyl (C=O) groups is 2. The van der Waals surface area contributed by atoms with Crippen LogP contribution in [0.2, 0.25) is 5.02 Å². The topological polar surface area (TPSA) is 78.4 Å². The van der Waals surface area contributed by atoms with Gasteiger partial charge in [-0.3, -0.25) is 0 Å². The third kappa shape index (κ3) is 5.09. The molecule has 1 unspecified atom stereocenters. The van der Waals surface area contributed by atoms with Crippen LogP contribution in [0, 0.1) is 0 Å². The fourth-order valence-electron chi connectivity index (χ4n) is 1.77. The molecule has 0 radical (unpaired) electrons. The molecule has 5 nitrogen and oxygen atoms in total. The van der Waals surface area contributed by atoms with E-state index in [2.05, 4.69) is 17.6 Å². The molecule has 0 aliphatic carbocycles. The molecule has 20 heavy (non-hydrogen) atoms. The molecule has 0 saturated carbocycles. The van der Waals surface area contributed by atoms with Crippen LogP contribution in [-0.4, -0.2) is 23.1 Å². The van der Waals surface area contributed by atoms with Gasteiger partial charge in [-0.1, -0.05) is 31.4 Å². The zero-order chi connectivity index (χ0) is 15.1. The van der Waals surface area contributed by atoms with Crippen molar-refractivity contribution in [1.82, 2.24) is 5.32 Å². The number of halogens is 1. The molecule has 0 bridgehead atoms. The lowest BCUT2D eigenvalue weighted by Crippen LogP contribution is -2.36. The van der Waals surface area contributed by atoms with Crippen LogP contribution in [0.4, 0.5) is 10.5 Å². The number of aromatic carboxylic acids is 1. The number of urea groups is 1. The van der Waals surface area contributed by atoms with Crippen molar-refractivity contribution in [2.45, 2.75) is 39.2 Å². The summed E-state index contributed by atoms with van der Waals surface area (Å²) in [7, 11) is 0. The molecule has 0 heterocycles. The van der Waals surface area contributed by atoms with Gasteiger partial charge in [0.1, 0.15) is 0 Å². The van der Waals surface area contributed by atoms with E-state index in [0.717, 1.165) is 19.3 Å². The lowest BCUT2D eigenvalue weighted by Gasteiger charge is -2.15. The van der Waals surface area contributed by atoms with Gasteiger partial charge >= 0.3 is 12.0 Å². The van der Waals surface area contributed by atoms with Gasteiger partial charge in [-0.25, -0.2) is 9.59 Å². The summed E-state index contributed by atoms with van der Waals surface area (Å²) in [4.78, 5) is 22.9. The third-order valence-electron chi connectivity index (χ3n) is 2.83. The number of carboxylic acids is 1. The van der Waals surface area contributed by atoms with Crippen LogP contribution in [-0.2, 0) is 0 Å². The van der Waals surface area contributed by atoms with E-state index in [1.54, 1.807) is 0 Å². The molecule has 0 aromatic heterocycles. The fraction of sp³-hybridized carbons (Fsp3) is 0.429. The van der Waals surface area contributed by atoms with Gasteiger partial charge in [-0.05, 0) is 31.5 Å².